The molecule has 0 aromatic heterocycles. The SMILES string of the molecule is COc1ccc(CCNS(=O)(=O)N2CC(C)CC(C)C2)cc1OC. The van der Waals surface area contributed by atoms with E-state index in [1.54, 1.807) is 18.5 Å². The predicted molar refractivity (Wildman–Crippen MR) is 94.7 cm³/mol. The Hall–Kier alpha value is -1.31. The maximum absolute atomic E-state index is 12.5. The van der Waals surface area contributed by atoms with Crippen LogP contribution in [0.3, 0.4) is 0 Å². The van der Waals surface area contributed by atoms with Crippen molar-refractivity contribution in [1.29, 1.82) is 0 Å². The van der Waals surface area contributed by atoms with Gasteiger partial charge in [-0.05, 0) is 42.4 Å². The first-order valence-electron chi connectivity index (χ1n) is 8.31. The number of piperidine rings is 1. The van der Waals surface area contributed by atoms with E-state index in [0.717, 1.165) is 12.0 Å². The number of benzene rings is 1. The summed E-state index contributed by atoms with van der Waals surface area (Å²) in [6.07, 6.45) is 1.68. The molecule has 0 amide bonds. The Morgan fingerprint density at radius 1 is 1.12 bits per heavy atom. The molecule has 1 heterocycles. The lowest BCUT2D eigenvalue weighted by Crippen LogP contribution is -2.48. The second-order valence-electron chi connectivity index (χ2n) is 6.60. The van der Waals surface area contributed by atoms with Crippen LogP contribution in [0.2, 0.25) is 0 Å². The van der Waals surface area contributed by atoms with E-state index in [1.165, 1.54) is 0 Å². The van der Waals surface area contributed by atoms with Crippen molar-refractivity contribution in [2.45, 2.75) is 26.7 Å². The van der Waals surface area contributed by atoms with Crippen LogP contribution in [-0.2, 0) is 16.6 Å². The van der Waals surface area contributed by atoms with Gasteiger partial charge in [0, 0.05) is 19.6 Å². The normalized spacial score (nSPS) is 22.3. The van der Waals surface area contributed by atoms with Gasteiger partial charge in [-0.3, -0.25) is 0 Å². The smallest absolute Gasteiger partial charge is 0.279 e. The van der Waals surface area contributed by atoms with E-state index in [4.69, 9.17) is 9.47 Å². The summed E-state index contributed by atoms with van der Waals surface area (Å²) in [4.78, 5) is 0. The fourth-order valence-electron chi connectivity index (χ4n) is 3.25. The molecule has 2 atom stereocenters. The third kappa shape index (κ3) is 4.84. The zero-order chi connectivity index (χ0) is 17.7. The zero-order valence-electron chi connectivity index (χ0n) is 14.9. The Labute approximate surface area is 145 Å². The molecule has 1 aromatic rings. The molecule has 0 radical (unpaired) electrons. The van der Waals surface area contributed by atoms with Gasteiger partial charge in [0.1, 0.15) is 0 Å². The van der Waals surface area contributed by atoms with E-state index >= 15 is 0 Å². The summed E-state index contributed by atoms with van der Waals surface area (Å²) < 4.78 is 39.7. The number of methoxy groups -OCH3 is 2. The molecule has 0 spiro atoms. The molecule has 136 valence electrons. The largest absolute Gasteiger partial charge is 0.493 e. The molecular formula is C17H28N2O4S. The van der Waals surface area contributed by atoms with Crippen LogP contribution in [0.1, 0.15) is 25.8 Å². The third-order valence-corrected chi connectivity index (χ3v) is 5.87. The van der Waals surface area contributed by atoms with Crippen LogP contribution in [0, 0.1) is 11.8 Å². The molecule has 1 aliphatic heterocycles. The van der Waals surface area contributed by atoms with Gasteiger partial charge in [0.15, 0.2) is 11.5 Å². The van der Waals surface area contributed by atoms with E-state index in [-0.39, 0.29) is 0 Å². The van der Waals surface area contributed by atoms with Crippen LogP contribution >= 0.6 is 0 Å². The number of nitrogens with zero attached hydrogens (tertiary/aromatic N) is 1. The maximum atomic E-state index is 12.5. The van der Waals surface area contributed by atoms with Gasteiger partial charge in [0.25, 0.3) is 10.2 Å². The Bertz CT molecular complexity index is 638. The van der Waals surface area contributed by atoms with Crippen molar-refractivity contribution in [3.8, 4) is 11.5 Å². The Balaban J connectivity index is 1.93. The number of hydrogen-bond donors (Lipinski definition) is 1. The standard InChI is InChI=1S/C17H28N2O4S/c1-13-9-14(2)12-19(11-13)24(20,21)18-8-7-15-5-6-16(22-3)17(10-15)23-4/h5-6,10,13-14,18H,7-9,11-12H2,1-4H3. The first-order chi connectivity index (χ1) is 11.4. The van der Waals surface area contributed by atoms with Crippen molar-refractivity contribution in [2.75, 3.05) is 33.9 Å². The van der Waals surface area contributed by atoms with E-state index in [2.05, 4.69) is 18.6 Å². The molecule has 0 aliphatic carbocycles. The van der Waals surface area contributed by atoms with Gasteiger partial charge in [-0.1, -0.05) is 19.9 Å². The van der Waals surface area contributed by atoms with Crippen LogP contribution in [0.15, 0.2) is 18.2 Å². The van der Waals surface area contributed by atoms with E-state index in [1.807, 2.05) is 18.2 Å². The van der Waals surface area contributed by atoms with Crippen molar-refractivity contribution < 1.29 is 17.9 Å². The van der Waals surface area contributed by atoms with Crippen molar-refractivity contribution in [1.82, 2.24) is 9.03 Å². The molecule has 0 bridgehead atoms. The summed E-state index contributed by atoms with van der Waals surface area (Å²) in [6.45, 7) is 5.74. The second kappa shape index (κ2) is 8.18. The van der Waals surface area contributed by atoms with Gasteiger partial charge in [-0.2, -0.15) is 12.7 Å². The predicted octanol–water partition coefficient (Wildman–Crippen LogP) is 2.06. The topological polar surface area (TPSA) is 67.9 Å². The van der Waals surface area contributed by atoms with E-state index < -0.39 is 10.2 Å². The minimum absolute atomic E-state index is 0.358. The molecule has 2 unspecified atom stereocenters. The lowest BCUT2D eigenvalue weighted by molar-refractivity contribution is 0.220. The van der Waals surface area contributed by atoms with Gasteiger partial charge in [0.05, 0.1) is 14.2 Å². The minimum Gasteiger partial charge on any atom is -0.493 e. The summed E-state index contributed by atoms with van der Waals surface area (Å²) in [5, 5.41) is 0. The molecule has 6 nitrogen and oxygen atoms in total. The molecule has 1 saturated heterocycles. The minimum atomic E-state index is -3.42. The molecule has 7 heteroatoms. The third-order valence-electron chi connectivity index (χ3n) is 4.32. The Morgan fingerprint density at radius 2 is 1.75 bits per heavy atom. The highest BCUT2D eigenvalue weighted by molar-refractivity contribution is 7.87. The first kappa shape index (κ1) is 19.0. The van der Waals surface area contributed by atoms with Crippen LogP contribution in [0.4, 0.5) is 0 Å². The van der Waals surface area contributed by atoms with Gasteiger partial charge < -0.3 is 9.47 Å². The van der Waals surface area contributed by atoms with Crippen LogP contribution in [0.5, 0.6) is 11.5 Å². The highest BCUT2D eigenvalue weighted by Crippen LogP contribution is 2.27. The van der Waals surface area contributed by atoms with Crippen molar-refractivity contribution in [2.24, 2.45) is 11.8 Å². The van der Waals surface area contributed by atoms with Crippen molar-refractivity contribution in [3.05, 3.63) is 23.8 Å². The highest BCUT2D eigenvalue weighted by atomic mass is 32.2. The lowest BCUT2D eigenvalue weighted by atomic mass is 9.94. The second-order valence-corrected chi connectivity index (χ2v) is 8.36. The Kier molecular flexibility index (Phi) is 6.48. The van der Waals surface area contributed by atoms with Gasteiger partial charge in [-0.15, -0.1) is 0 Å². The summed E-state index contributed by atoms with van der Waals surface area (Å²) in [6, 6.07) is 5.62. The number of ether oxygens (including phenoxy) is 2. The summed E-state index contributed by atoms with van der Waals surface area (Å²) >= 11 is 0. The van der Waals surface area contributed by atoms with Crippen LogP contribution in [-0.4, -0.2) is 46.6 Å². The maximum Gasteiger partial charge on any atom is 0.279 e. The quantitative estimate of drug-likeness (QED) is 0.812. The number of nitrogens with one attached hydrogen (secondary N) is 1. The van der Waals surface area contributed by atoms with Crippen molar-refractivity contribution in [3.63, 3.8) is 0 Å². The van der Waals surface area contributed by atoms with Gasteiger partial charge >= 0.3 is 0 Å². The molecule has 24 heavy (non-hydrogen) atoms. The average Bonchev–Trinajstić information content (AvgIpc) is 2.53. The molecule has 1 fully saturated rings. The zero-order valence-corrected chi connectivity index (χ0v) is 15.7. The fourth-order valence-corrected chi connectivity index (χ4v) is 4.70. The molecule has 0 saturated carbocycles. The molecular weight excluding hydrogens is 328 g/mol. The molecule has 1 aromatic carbocycles. The molecule has 2 rings (SSSR count). The number of rotatable bonds is 7. The van der Waals surface area contributed by atoms with E-state index in [0.29, 0.717) is 49.4 Å². The van der Waals surface area contributed by atoms with Gasteiger partial charge in [-0.25, -0.2) is 4.72 Å². The highest BCUT2D eigenvalue weighted by Gasteiger charge is 2.29. The van der Waals surface area contributed by atoms with E-state index in [9.17, 15) is 8.42 Å². The van der Waals surface area contributed by atoms with Crippen LogP contribution < -0.4 is 14.2 Å². The van der Waals surface area contributed by atoms with Crippen LogP contribution in [0.25, 0.3) is 0 Å². The summed E-state index contributed by atoms with van der Waals surface area (Å²) in [5.41, 5.74) is 0.996. The monoisotopic (exact) mass is 356 g/mol. The molecule has 1 N–H and O–H groups in total. The average molecular weight is 356 g/mol. The first-order valence-corrected chi connectivity index (χ1v) is 9.75. The fraction of sp³-hybridized carbons (Fsp3) is 0.647. The lowest BCUT2D eigenvalue weighted by Gasteiger charge is -2.33. The Morgan fingerprint density at radius 3 is 2.33 bits per heavy atom. The number of hydrogen-bond acceptors (Lipinski definition) is 4. The molecule has 1 aliphatic rings. The van der Waals surface area contributed by atoms with Gasteiger partial charge in [0.2, 0.25) is 0 Å². The summed E-state index contributed by atoms with van der Waals surface area (Å²) in [5.74, 6) is 2.11. The van der Waals surface area contributed by atoms with Crippen molar-refractivity contribution >= 4 is 10.2 Å². The summed E-state index contributed by atoms with van der Waals surface area (Å²) in [7, 11) is -0.245.